The van der Waals surface area contributed by atoms with E-state index in [0.29, 0.717) is 6.42 Å². The molecule has 2 aromatic rings. The lowest BCUT2D eigenvalue weighted by molar-refractivity contribution is 1.29. The summed E-state index contributed by atoms with van der Waals surface area (Å²) in [6.45, 7) is 0. The molecular weight excluding hydrogens is 312 g/mol. The second-order valence-corrected chi connectivity index (χ2v) is 5.05. The van der Waals surface area contributed by atoms with Crippen molar-refractivity contribution in [1.82, 2.24) is 0 Å². The Hall–Kier alpha value is -1.32. The third kappa shape index (κ3) is 3.86. The van der Waals surface area contributed by atoms with Crippen LogP contribution in [0.1, 0.15) is 5.56 Å². The Morgan fingerprint density at radius 2 is 1.83 bits per heavy atom. The van der Waals surface area contributed by atoms with Crippen LogP contribution in [0.25, 0.3) is 0 Å². The summed E-state index contributed by atoms with van der Waals surface area (Å²) in [5, 5.41) is 4.93. The van der Waals surface area contributed by atoms with Gasteiger partial charge in [0.1, 0.15) is 0 Å². The predicted molar refractivity (Wildman–Crippen MR) is 81.4 cm³/mol. The summed E-state index contributed by atoms with van der Waals surface area (Å²) in [5.74, 6) is 0. The van der Waals surface area contributed by atoms with E-state index < -0.39 is 0 Å². The molecule has 1 N–H and O–H groups in total. The number of nitrogens with one attached hydrogen (secondary N) is 1. The van der Waals surface area contributed by atoms with E-state index in [1.54, 1.807) is 0 Å². The van der Waals surface area contributed by atoms with Gasteiger partial charge in [-0.25, -0.2) is 0 Å². The predicted octanol–water partition coefficient (Wildman–Crippen LogP) is 4.74. The summed E-state index contributed by atoms with van der Waals surface area (Å²) in [6, 6.07) is 15.6. The van der Waals surface area contributed by atoms with E-state index in [1.807, 2.05) is 54.7 Å². The minimum Gasteiger partial charge on any atom is -0.279 e. The van der Waals surface area contributed by atoms with Gasteiger partial charge >= 0.3 is 0 Å². The van der Waals surface area contributed by atoms with Gasteiger partial charge in [-0.05, 0) is 35.9 Å². The number of anilines is 1. The molecule has 0 spiro atoms. The second kappa shape index (κ2) is 6.57. The molecule has 0 aliphatic heterocycles. The van der Waals surface area contributed by atoms with Crippen LogP contribution in [0.15, 0.2) is 58.1 Å². The number of halogens is 2. The van der Waals surface area contributed by atoms with Crippen molar-refractivity contribution < 1.29 is 0 Å². The molecular formula is C14H12BrClN2. The molecule has 0 atom stereocenters. The maximum absolute atomic E-state index is 6.05. The second-order valence-electron chi connectivity index (χ2n) is 3.73. The zero-order valence-electron chi connectivity index (χ0n) is 9.61. The van der Waals surface area contributed by atoms with E-state index in [-0.39, 0.29) is 0 Å². The highest BCUT2D eigenvalue weighted by Crippen LogP contribution is 2.15. The van der Waals surface area contributed by atoms with Crippen LogP contribution in [0.3, 0.4) is 0 Å². The van der Waals surface area contributed by atoms with Crippen molar-refractivity contribution >= 4 is 39.4 Å². The number of benzene rings is 2. The fraction of sp³-hybridized carbons (Fsp3) is 0.0714. The SMILES string of the molecule is Clc1ccccc1C/C=N\Nc1ccc(Br)cc1. The van der Waals surface area contributed by atoms with Crippen LogP contribution in [-0.4, -0.2) is 6.21 Å². The third-order valence-corrected chi connectivity index (χ3v) is 3.30. The molecule has 4 heteroatoms. The van der Waals surface area contributed by atoms with E-state index in [0.717, 1.165) is 20.7 Å². The molecule has 0 aromatic heterocycles. The van der Waals surface area contributed by atoms with Crippen LogP contribution in [-0.2, 0) is 6.42 Å². The quantitative estimate of drug-likeness (QED) is 0.637. The van der Waals surface area contributed by atoms with E-state index >= 15 is 0 Å². The standard InChI is InChI=1S/C14H12BrClN2/c15-12-5-7-13(8-6-12)18-17-10-9-11-3-1-2-4-14(11)16/h1-8,10,18H,9H2/b17-10-. The lowest BCUT2D eigenvalue weighted by Crippen LogP contribution is -1.92. The number of hydrazone groups is 1. The summed E-state index contributed by atoms with van der Waals surface area (Å²) in [7, 11) is 0. The van der Waals surface area contributed by atoms with Gasteiger partial charge in [0.05, 0.1) is 5.69 Å². The smallest absolute Gasteiger partial charge is 0.0562 e. The molecule has 18 heavy (non-hydrogen) atoms. The Balaban J connectivity index is 1.89. The molecule has 0 bridgehead atoms. The summed E-state index contributed by atoms with van der Waals surface area (Å²) in [6.07, 6.45) is 2.52. The highest BCUT2D eigenvalue weighted by molar-refractivity contribution is 9.10. The molecule has 0 amide bonds. The summed E-state index contributed by atoms with van der Waals surface area (Å²) < 4.78 is 1.05. The molecule has 0 unspecified atom stereocenters. The molecule has 2 aromatic carbocycles. The highest BCUT2D eigenvalue weighted by atomic mass is 79.9. The van der Waals surface area contributed by atoms with E-state index in [4.69, 9.17) is 11.6 Å². The van der Waals surface area contributed by atoms with Crippen molar-refractivity contribution in [2.24, 2.45) is 5.10 Å². The highest BCUT2D eigenvalue weighted by Gasteiger charge is 1.95. The molecule has 0 heterocycles. The number of hydrogen-bond acceptors (Lipinski definition) is 2. The van der Waals surface area contributed by atoms with Gasteiger partial charge in [-0.2, -0.15) is 5.10 Å². The lowest BCUT2D eigenvalue weighted by atomic mass is 10.2. The zero-order valence-corrected chi connectivity index (χ0v) is 11.9. The Morgan fingerprint density at radius 1 is 1.11 bits per heavy atom. The molecule has 0 saturated carbocycles. The van der Waals surface area contributed by atoms with Gasteiger partial charge in [0.25, 0.3) is 0 Å². The van der Waals surface area contributed by atoms with Crippen LogP contribution < -0.4 is 5.43 Å². The van der Waals surface area contributed by atoms with Crippen molar-refractivity contribution in [2.45, 2.75) is 6.42 Å². The van der Waals surface area contributed by atoms with Crippen LogP contribution in [0.2, 0.25) is 5.02 Å². The summed E-state index contributed by atoms with van der Waals surface area (Å²) >= 11 is 9.44. The molecule has 0 aliphatic rings. The Kier molecular flexibility index (Phi) is 4.79. The first-order chi connectivity index (χ1) is 8.75. The monoisotopic (exact) mass is 322 g/mol. The summed E-state index contributed by atoms with van der Waals surface area (Å²) in [5.41, 5.74) is 4.99. The van der Waals surface area contributed by atoms with Gasteiger partial charge in [-0.1, -0.05) is 45.7 Å². The Labute approximate surface area is 120 Å². The van der Waals surface area contributed by atoms with Crippen molar-refractivity contribution in [1.29, 1.82) is 0 Å². The van der Waals surface area contributed by atoms with Gasteiger partial charge in [-0.3, -0.25) is 5.43 Å². The largest absolute Gasteiger partial charge is 0.279 e. The molecule has 0 radical (unpaired) electrons. The number of nitrogens with zero attached hydrogens (tertiary/aromatic N) is 1. The average Bonchev–Trinajstić information content (AvgIpc) is 2.39. The first kappa shape index (κ1) is 13.1. The maximum atomic E-state index is 6.05. The van der Waals surface area contributed by atoms with Crippen LogP contribution >= 0.6 is 27.5 Å². The fourth-order valence-electron chi connectivity index (χ4n) is 1.45. The minimum absolute atomic E-state index is 0.712. The minimum atomic E-state index is 0.712. The number of hydrogen-bond donors (Lipinski definition) is 1. The first-order valence-corrected chi connectivity index (χ1v) is 6.69. The Bertz CT molecular complexity index is 538. The number of rotatable bonds is 4. The van der Waals surface area contributed by atoms with E-state index in [1.165, 1.54) is 0 Å². The molecule has 2 nitrogen and oxygen atoms in total. The lowest BCUT2D eigenvalue weighted by Gasteiger charge is -2.01. The maximum Gasteiger partial charge on any atom is 0.0562 e. The van der Waals surface area contributed by atoms with Crippen molar-refractivity contribution in [3.05, 3.63) is 63.6 Å². The van der Waals surface area contributed by atoms with Gasteiger partial charge in [0.15, 0.2) is 0 Å². The van der Waals surface area contributed by atoms with Crippen LogP contribution in [0.4, 0.5) is 5.69 Å². The molecule has 0 saturated heterocycles. The van der Waals surface area contributed by atoms with E-state index in [9.17, 15) is 0 Å². The van der Waals surface area contributed by atoms with Gasteiger partial charge in [0, 0.05) is 22.1 Å². The first-order valence-electron chi connectivity index (χ1n) is 5.52. The van der Waals surface area contributed by atoms with Crippen LogP contribution in [0.5, 0.6) is 0 Å². The van der Waals surface area contributed by atoms with E-state index in [2.05, 4.69) is 26.5 Å². The van der Waals surface area contributed by atoms with Crippen molar-refractivity contribution in [3.8, 4) is 0 Å². The zero-order chi connectivity index (χ0) is 12.8. The summed E-state index contributed by atoms with van der Waals surface area (Å²) in [4.78, 5) is 0. The van der Waals surface area contributed by atoms with Crippen molar-refractivity contribution in [2.75, 3.05) is 5.43 Å². The fourth-order valence-corrected chi connectivity index (χ4v) is 1.93. The molecule has 92 valence electrons. The van der Waals surface area contributed by atoms with Gasteiger partial charge < -0.3 is 0 Å². The Morgan fingerprint density at radius 3 is 2.56 bits per heavy atom. The molecule has 0 aliphatic carbocycles. The molecule has 0 fully saturated rings. The molecule has 2 rings (SSSR count). The normalized spacial score (nSPS) is 10.8. The van der Waals surface area contributed by atoms with Gasteiger partial charge in [-0.15, -0.1) is 0 Å². The van der Waals surface area contributed by atoms with Gasteiger partial charge in [0.2, 0.25) is 0 Å². The topological polar surface area (TPSA) is 24.4 Å². The van der Waals surface area contributed by atoms with Crippen molar-refractivity contribution in [3.63, 3.8) is 0 Å². The average molecular weight is 324 g/mol. The van der Waals surface area contributed by atoms with Crippen LogP contribution in [0, 0.1) is 0 Å². The third-order valence-electron chi connectivity index (χ3n) is 2.40.